The van der Waals surface area contributed by atoms with E-state index in [1.165, 1.54) is 45.1 Å². The standard InChI is InChI=1S/C17H29NO2/c1-2-13(1)16(14-3-4-14)12-18-15-5-8-20-17(11-15)6-9-19-10-7-17/h13-16,18H,1-12H2. The molecule has 2 aliphatic carbocycles. The molecular weight excluding hydrogens is 250 g/mol. The summed E-state index contributed by atoms with van der Waals surface area (Å²) in [6, 6.07) is 0.682. The van der Waals surface area contributed by atoms with Crippen LogP contribution in [-0.4, -0.2) is 38.0 Å². The van der Waals surface area contributed by atoms with Crippen molar-refractivity contribution in [3.8, 4) is 0 Å². The third-order valence-corrected chi connectivity index (χ3v) is 5.99. The first-order valence-corrected chi connectivity index (χ1v) is 8.80. The Hall–Kier alpha value is -0.120. The summed E-state index contributed by atoms with van der Waals surface area (Å²) in [6.45, 7) is 3.99. The van der Waals surface area contributed by atoms with E-state index in [9.17, 15) is 0 Å². The number of nitrogens with one attached hydrogen (secondary N) is 1. The molecule has 0 aromatic rings. The van der Waals surface area contributed by atoms with Crippen molar-refractivity contribution in [2.24, 2.45) is 17.8 Å². The summed E-state index contributed by atoms with van der Waals surface area (Å²) in [5.74, 6) is 3.11. The van der Waals surface area contributed by atoms with Gasteiger partial charge in [0.05, 0.1) is 5.60 Å². The predicted octanol–water partition coefficient (Wildman–Crippen LogP) is 2.74. The van der Waals surface area contributed by atoms with Crippen molar-refractivity contribution in [1.82, 2.24) is 5.32 Å². The summed E-state index contributed by atoms with van der Waals surface area (Å²) >= 11 is 0. The summed E-state index contributed by atoms with van der Waals surface area (Å²) < 4.78 is 11.7. The summed E-state index contributed by atoms with van der Waals surface area (Å²) in [5, 5.41) is 3.92. The fraction of sp³-hybridized carbons (Fsp3) is 1.00. The first-order valence-electron chi connectivity index (χ1n) is 8.80. The lowest BCUT2D eigenvalue weighted by Crippen LogP contribution is -2.50. The van der Waals surface area contributed by atoms with Gasteiger partial charge in [-0.3, -0.25) is 0 Å². The van der Waals surface area contributed by atoms with Crippen LogP contribution < -0.4 is 5.32 Å². The van der Waals surface area contributed by atoms with E-state index in [0.717, 1.165) is 50.4 Å². The van der Waals surface area contributed by atoms with E-state index >= 15 is 0 Å². The van der Waals surface area contributed by atoms with Gasteiger partial charge < -0.3 is 14.8 Å². The summed E-state index contributed by atoms with van der Waals surface area (Å²) in [7, 11) is 0. The van der Waals surface area contributed by atoms with E-state index in [-0.39, 0.29) is 5.60 Å². The van der Waals surface area contributed by atoms with Crippen LogP contribution in [0.4, 0.5) is 0 Å². The molecule has 2 aliphatic heterocycles. The van der Waals surface area contributed by atoms with Gasteiger partial charge in [0.25, 0.3) is 0 Å². The van der Waals surface area contributed by atoms with Crippen molar-refractivity contribution >= 4 is 0 Å². The van der Waals surface area contributed by atoms with Crippen LogP contribution in [0, 0.1) is 17.8 Å². The Morgan fingerprint density at radius 3 is 2.30 bits per heavy atom. The second-order valence-electron chi connectivity index (χ2n) is 7.58. The van der Waals surface area contributed by atoms with Crippen LogP contribution >= 0.6 is 0 Å². The van der Waals surface area contributed by atoms with E-state index < -0.39 is 0 Å². The molecule has 4 aliphatic rings. The molecule has 2 heterocycles. The predicted molar refractivity (Wildman–Crippen MR) is 78.7 cm³/mol. The third kappa shape index (κ3) is 3.05. The zero-order valence-corrected chi connectivity index (χ0v) is 12.6. The molecule has 0 radical (unpaired) electrons. The van der Waals surface area contributed by atoms with Gasteiger partial charge in [0.2, 0.25) is 0 Å². The van der Waals surface area contributed by atoms with Gasteiger partial charge in [-0.2, -0.15) is 0 Å². The van der Waals surface area contributed by atoms with Crippen molar-refractivity contribution in [2.45, 2.75) is 63.0 Å². The SMILES string of the molecule is C1CC2(CCO1)CC(NCC(C1CC1)C1CC1)CCO2. The zero-order valence-electron chi connectivity index (χ0n) is 12.6. The van der Waals surface area contributed by atoms with Gasteiger partial charge in [0, 0.05) is 25.9 Å². The highest BCUT2D eigenvalue weighted by atomic mass is 16.5. The molecule has 2 saturated carbocycles. The third-order valence-electron chi connectivity index (χ3n) is 5.99. The fourth-order valence-electron chi connectivity index (χ4n) is 4.36. The topological polar surface area (TPSA) is 30.5 Å². The molecule has 1 N–H and O–H groups in total. The van der Waals surface area contributed by atoms with E-state index in [1.807, 2.05) is 0 Å². The van der Waals surface area contributed by atoms with Crippen molar-refractivity contribution < 1.29 is 9.47 Å². The maximum atomic E-state index is 6.14. The van der Waals surface area contributed by atoms with Crippen LogP contribution in [0.3, 0.4) is 0 Å². The minimum atomic E-state index is 0.142. The van der Waals surface area contributed by atoms with E-state index in [0.29, 0.717) is 6.04 Å². The monoisotopic (exact) mass is 279 g/mol. The van der Waals surface area contributed by atoms with Gasteiger partial charge in [-0.25, -0.2) is 0 Å². The van der Waals surface area contributed by atoms with Crippen LogP contribution in [0.15, 0.2) is 0 Å². The van der Waals surface area contributed by atoms with Crippen molar-refractivity contribution in [3.05, 3.63) is 0 Å². The molecule has 0 aromatic carbocycles. The molecule has 4 fully saturated rings. The molecule has 3 heteroatoms. The first-order chi connectivity index (χ1) is 9.85. The Balaban J connectivity index is 1.29. The van der Waals surface area contributed by atoms with Crippen molar-refractivity contribution in [1.29, 1.82) is 0 Å². The van der Waals surface area contributed by atoms with Crippen LogP contribution in [0.5, 0.6) is 0 Å². The minimum absolute atomic E-state index is 0.142. The normalized spacial score (nSPS) is 33.8. The number of ether oxygens (including phenoxy) is 2. The van der Waals surface area contributed by atoms with Gasteiger partial charge >= 0.3 is 0 Å². The molecule has 0 aromatic heterocycles. The average molecular weight is 279 g/mol. The van der Waals surface area contributed by atoms with E-state index in [2.05, 4.69) is 5.32 Å². The van der Waals surface area contributed by atoms with Crippen LogP contribution in [0.25, 0.3) is 0 Å². The molecular formula is C17H29NO2. The molecule has 0 amide bonds. The molecule has 114 valence electrons. The molecule has 20 heavy (non-hydrogen) atoms. The van der Waals surface area contributed by atoms with Gasteiger partial charge in [0.1, 0.15) is 0 Å². The number of hydrogen-bond acceptors (Lipinski definition) is 3. The fourth-order valence-corrected chi connectivity index (χ4v) is 4.36. The molecule has 1 spiro atoms. The summed E-state index contributed by atoms with van der Waals surface area (Å²) in [4.78, 5) is 0. The Bertz CT molecular complexity index is 314. The molecule has 4 rings (SSSR count). The molecule has 1 atom stereocenters. The van der Waals surface area contributed by atoms with Crippen LogP contribution in [-0.2, 0) is 9.47 Å². The molecule has 1 unspecified atom stereocenters. The average Bonchev–Trinajstić information content (AvgIpc) is 3.34. The Kier molecular flexibility index (Phi) is 3.78. The number of hydrogen-bond donors (Lipinski definition) is 1. The van der Waals surface area contributed by atoms with Gasteiger partial charge in [-0.15, -0.1) is 0 Å². The smallest absolute Gasteiger partial charge is 0.0741 e. The lowest BCUT2D eigenvalue weighted by atomic mass is 9.84. The quantitative estimate of drug-likeness (QED) is 0.839. The van der Waals surface area contributed by atoms with E-state index in [4.69, 9.17) is 9.47 Å². The second-order valence-corrected chi connectivity index (χ2v) is 7.58. The summed E-state index contributed by atoms with van der Waals surface area (Å²) in [6.07, 6.45) is 10.6. The molecule has 3 nitrogen and oxygen atoms in total. The second kappa shape index (κ2) is 5.58. The molecule has 0 bridgehead atoms. The van der Waals surface area contributed by atoms with Crippen LogP contribution in [0.1, 0.15) is 51.4 Å². The van der Waals surface area contributed by atoms with Crippen LogP contribution in [0.2, 0.25) is 0 Å². The van der Waals surface area contributed by atoms with Gasteiger partial charge in [0.15, 0.2) is 0 Å². The lowest BCUT2D eigenvalue weighted by molar-refractivity contribution is -0.140. The molecule has 2 saturated heterocycles. The largest absolute Gasteiger partial charge is 0.381 e. The zero-order chi connectivity index (χ0) is 13.4. The lowest BCUT2D eigenvalue weighted by Gasteiger charge is -2.43. The Morgan fingerprint density at radius 1 is 0.950 bits per heavy atom. The first kappa shape index (κ1) is 13.5. The minimum Gasteiger partial charge on any atom is -0.381 e. The maximum Gasteiger partial charge on any atom is 0.0741 e. The highest BCUT2D eigenvalue weighted by molar-refractivity contribution is 4.95. The van der Waals surface area contributed by atoms with Crippen molar-refractivity contribution in [3.63, 3.8) is 0 Å². The van der Waals surface area contributed by atoms with Gasteiger partial charge in [-0.05, 0) is 75.7 Å². The van der Waals surface area contributed by atoms with E-state index in [1.54, 1.807) is 0 Å². The summed E-state index contributed by atoms with van der Waals surface area (Å²) in [5.41, 5.74) is 0.142. The maximum absolute atomic E-state index is 6.14. The highest BCUT2D eigenvalue weighted by Gasteiger charge is 2.42. The number of rotatable bonds is 5. The van der Waals surface area contributed by atoms with Crippen molar-refractivity contribution in [2.75, 3.05) is 26.4 Å². The van der Waals surface area contributed by atoms with Gasteiger partial charge in [-0.1, -0.05) is 0 Å². The Morgan fingerprint density at radius 2 is 1.65 bits per heavy atom. The Labute approximate surface area is 122 Å². The highest BCUT2D eigenvalue weighted by Crippen LogP contribution is 2.49.